The van der Waals surface area contributed by atoms with Gasteiger partial charge in [0.15, 0.2) is 5.82 Å². The van der Waals surface area contributed by atoms with Gasteiger partial charge in [-0.3, -0.25) is 10.2 Å². The maximum atomic E-state index is 10.9. The molecule has 0 aliphatic rings. The van der Waals surface area contributed by atoms with Crippen LogP contribution in [-0.2, 0) is 11.2 Å². The first-order valence-corrected chi connectivity index (χ1v) is 5.00. The third-order valence-corrected chi connectivity index (χ3v) is 2.03. The maximum absolute atomic E-state index is 10.9. The van der Waals surface area contributed by atoms with E-state index in [0.717, 1.165) is 25.1 Å². The summed E-state index contributed by atoms with van der Waals surface area (Å²) in [7, 11) is 0. The van der Waals surface area contributed by atoms with E-state index >= 15 is 0 Å². The third kappa shape index (κ3) is 2.73. The van der Waals surface area contributed by atoms with Crippen molar-refractivity contribution < 1.29 is 4.79 Å². The molecule has 14 heavy (non-hydrogen) atoms. The van der Waals surface area contributed by atoms with Crippen molar-refractivity contribution in [2.75, 3.05) is 5.43 Å². The Bertz CT molecular complexity index is 323. The number of nitrogens with one attached hydrogen (secondary N) is 1. The summed E-state index contributed by atoms with van der Waals surface area (Å²) in [5.41, 5.74) is 2.61. The van der Waals surface area contributed by atoms with E-state index in [4.69, 9.17) is 0 Å². The lowest BCUT2D eigenvalue weighted by Gasteiger charge is -2.06. The van der Waals surface area contributed by atoms with E-state index in [-0.39, 0.29) is 5.91 Å². The van der Waals surface area contributed by atoms with Gasteiger partial charge in [-0.05, 0) is 6.42 Å². The van der Waals surface area contributed by atoms with E-state index < -0.39 is 0 Å². The van der Waals surface area contributed by atoms with E-state index in [2.05, 4.69) is 35.2 Å². The Kier molecular flexibility index (Phi) is 3.94. The summed E-state index contributed by atoms with van der Waals surface area (Å²) in [6.07, 6.45) is 2.89. The number of carbonyl (C=O) groups excluding carboxylic acids is 1. The van der Waals surface area contributed by atoms with Crippen LogP contribution in [0.4, 0.5) is 0 Å². The Labute approximate surface area is 88.3 Å². The van der Waals surface area contributed by atoms with Crippen molar-refractivity contribution in [3.8, 4) is 0 Å². The van der Waals surface area contributed by atoms with Crippen molar-refractivity contribution in [1.82, 2.24) is 14.9 Å². The molecule has 0 aliphatic heterocycles. The minimum atomic E-state index is -0.155. The first-order valence-electron chi connectivity index (χ1n) is 4.56. The van der Waals surface area contributed by atoms with Gasteiger partial charge in [0.05, 0.1) is 0 Å². The number of nitrogens with zero attached hydrogens (tertiary/aromatic N) is 3. The SMILES string of the molecule is CCCCc1nnc(S)n1NC(C)=O. The normalized spacial score (nSPS) is 10.2. The Morgan fingerprint density at radius 2 is 2.29 bits per heavy atom. The highest BCUT2D eigenvalue weighted by Crippen LogP contribution is 2.06. The van der Waals surface area contributed by atoms with E-state index in [0.29, 0.717) is 5.16 Å². The maximum Gasteiger partial charge on any atom is 0.235 e. The molecule has 0 saturated heterocycles. The summed E-state index contributed by atoms with van der Waals surface area (Å²) in [5, 5.41) is 8.12. The molecule has 0 saturated carbocycles. The lowest BCUT2D eigenvalue weighted by atomic mass is 10.2. The fourth-order valence-corrected chi connectivity index (χ4v) is 1.29. The quantitative estimate of drug-likeness (QED) is 0.735. The molecule has 0 fully saturated rings. The second kappa shape index (κ2) is 4.99. The molecule has 0 unspecified atom stereocenters. The van der Waals surface area contributed by atoms with Crippen LogP contribution < -0.4 is 5.43 Å². The number of rotatable bonds is 4. The summed E-state index contributed by atoms with van der Waals surface area (Å²) >= 11 is 4.09. The van der Waals surface area contributed by atoms with Gasteiger partial charge in [0.25, 0.3) is 0 Å². The molecule has 6 heteroatoms. The second-order valence-electron chi connectivity index (χ2n) is 3.02. The Hall–Kier alpha value is -1.04. The van der Waals surface area contributed by atoms with Crippen LogP contribution in [0.3, 0.4) is 0 Å². The van der Waals surface area contributed by atoms with Gasteiger partial charge in [-0.25, -0.2) is 4.68 Å². The summed E-state index contributed by atoms with van der Waals surface area (Å²) in [5.74, 6) is 0.588. The highest BCUT2D eigenvalue weighted by Gasteiger charge is 2.09. The largest absolute Gasteiger partial charge is 0.274 e. The number of amides is 1. The summed E-state index contributed by atoms with van der Waals surface area (Å²) in [6, 6.07) is 0. The van der Waals surface area contributed by atoms with Crippen molar-refractivity contribution in [1.29, 1.82) is 0 Å². The molecule has 0 aliphatic carbocycles. The number of aryl methyl sites for hydroxylation is 1. The van der Waals surface area contributed by atoms with Gasteiger partial charge in [0.1, 0.15) is 0 Å². The minimum Gasteiger partial charge on any atom is -0.274 e. The Balaban J connectivity index is 2.77. The van der Waals surface area contributed by atoms with Crippen molar-refractivity contribution in [3.63, 3.8) is 0 Å². The molecular formula is C8H14N4OS. The highest BCUT2D eigenvalue weighted by atomic mass is 32.1. The first kappa shape index (κ1) is 11.0. The standard InChI is InChI=1S/C8H14N4OS/c1-3-4-5-7-9-10-8(14)12(7)11-6(2)13/h3-5H2,1-2H3,(H,10,14)(H,11,13). The van der Waals surface area contributed by atoms with Gasteiger partial charge in [-0.1, -0.05) is 13.3 Å². The van der Waals surface area contributed by atoms with E-state index in [1.165, 1.54) is 11.6 Å². The monoisotopic (exact) mass is 214 g/mol. The van der Waals surface area contributed by atoms with Crippen LogP contribution in [0, 0.1) is 0 Å². The van der Waals surface area contributed by atoms with Gasteiger partial charge in [-0.15, -0.1) is 22.8 Å². The van der Waals surface area contributed by atoms with Gasteiger partial charge in [-0.2, -0.15) is 0 Å². The van der Waals surface area contributed by atoms with Crippen LogP contribution in [0.2, 0.25) is 0 Å². The fourth-order valence-electron chi connectivity index (χ4n) is 1.08. The van der Waals surface area contributed by atoms with Crippen molar-refractivity contribution in [3.05, 3.63) is 5.82 Å². The van der Waals surface area contributed by atoms with Crippen LogP contribution >= 0.6 is 12.6 Å². The topological polar surface area (TPSA) is 59.8 Å². The Morgan fingerprint density at radius 1 is 1.57 bits per heavy atom. The molecule has 0 aromatic carbocycles. The lowest BCUT2D eigenvalue weighted by Crippen LogP contribution is -2.22. The zero-order valence-electron chi connectivity index (χ0n) is 8.32. The molecule has 1 aromatic rings. The highest BCUT2D eigenvalue weighted by molar-refractivity contribution is 7.80. The molecule has 0 atom stereocenters. The molecule has 1 heterocycles. The number of hydrogen-bond acceptors (Lipinski definition) is 4. The van der Waals surface area contributed by atoms with Crippen LogP contribution in [0.25, 0.3) is 0 Å². The zero-order valence-corrected chi connectivity index (χ0v) is 9.21. The molecule has 5 nitrogen and oxygen atoms in total. The van der Waals surface area contributed by atoms with Crippen LogP contribution in [0.15, 0.2) is 5.16 Å². The molecule has 0 bridgehead atoms. The average Bonchev–Trinajstić information content (AvgIpc) is 2.45. The predicted octanol–water partition coefficient (Wildman–Crippen LogP) is 0.999. The predicted molar refractivity (Wildman–Crippen MR) is 55.9 cm³/mol. The molecule has 0 radical (unpaired) electrons. The molecular weight excluding hydrogens is 200 g/mol. The third-order valence-electron chi connectivity index (χ3n) is 1.74. The summed E-state index contributed by atoms with van der Waals surface area (Å²) in [4.78, 5) is 10.9. The van der Waals surface area contributed by atoms with Crippen molar-refractivity contribution >= 4 is 18.5 Å². The lowest BCUT2D eigenvalue weighted by molar-refractivity contribution is -0.115. The first-order chi connectivity index (χ1) is 6.65. The Morgan fingerprint density at radius 3 is 2.86 bits per heavy atom. The van der Waals surface area contributed by atoms with Crippen LogP contribution in [0.1, 0.15) is 32.5 Å². The van der Waals surface area contributed by atoms with E-state index in [1.807, 2.05) is 0 Å². The molecule has 1 amide bonds. The fraction of sp³-hybridized carbons (Fsp3) is 0.625. The smallest absolute Gasteiger partial charge is 0.235 e. The van der Waals surface area contributed by atoms with Gasteiger partial charge >= 0.3 is 0 Å². The van der Waals surface area contributed by atoms with Crippen molar-refractivity contribution in [2.45, 2.75) is 38.3 Å². The molecule has 78 valence electrons. The second-order valence-corrected chi connectivity index (χ2v) is 3.42. The number of hydrogen-bond donors (Lipinski definition) is 2. The summed E-state index contributed by atoms with van der Waals surface area (Å²) in [6.45, 7) is 3.54. The van der Waals surface area contributed by atoms with Gasteiger partial charge in [0.2, 0.25) is 11.1 Å². The molecule has 1 rings (SSSR count). The van der Waals surface area contributed by atoms with Gasteiger partial charge < -0.3 is 0 Å². The number of unbranched alkanes of at least 4 members (excludes halogenated alkanes) is 1. The molecule has 0 spiro atoms. The molecule has 1 N–H and O–H groups in total. The van der Waals surface area contributed by atoms with Gasteiger partial charge in [0, 0.05) is 13.3 Å². The van der Waals surface area contributed by atoms with Crippen LogP contribution in [-0.4, -0.2) is 20.8 Å². The van der Waals surface area contributed by atoms with E-state index in [9.17, 15) is 4.79 Å². The number of thiol groups is 1. The number of aromatic nitrogens is 3. The average molecular weight is 214 g/mol. The minimum absolute atomic E-state index is 0.155. The summed E-state index contributed by atoms with van der Waals surface area (Å²) < 4.78 is 1.51. The molecule has 1 aromatic heterocycles. The van der Waals surface area contributed by atoms with Crippen LogP contribution in [0.5, 0.6) is 0 Å². The number of carbonyl (C=O) groups is 1. The van der Waals surface area contributed by atoms with Crippen molar-refractivity contribution in [2.24, 2.45) is 0 Å². The zero-order chi connectivity index (χ0) is 10.6. The van der Waals surface area contributed by atoms with E-state index in [1.54, 1.807) is 0 Å².